The molecule has 0 heterocycles. The monoisotopic (exact) mass is 351 g/mol. The van der Waals surface area contributed by atoms with Crippen molar-refractivity contribution < 1.29 is 9.53 Å². The van der Waals surface area contributed by atoms with Crippen LogP contribution in [-0.2, 0) is 16.6 Å². The van der Waals surface area contributed by atoms with Crippen LogP contribution in [0, 0.1) is 0 Å². The molecule has 0 fully saturated rings. The van der Waals surface area contributed by atoms with Crippen LogP contribution in [0.2, 0.25) is 0 Å². The fraction of sp³-hybridized carbons (Fsp3) is 0.435. The van der Waals surface area contributed by atoms with E-state index in [4.69, 9.17) is 4.74 Å². The predicted octanol–water partition coefficient (Wildman–Crippen LogP) is 4.95. The van der Waals surface area contributed by atoms with Crippen LogP contribution in [0.15, 0.2) is 48.5 Å². The molecule has 1 aliphatic carbocycles. The van der Waals surface area contributed by atoms with E-state index >= 15 is 0 Å². The maximum Gasteiger partial charge on any atom is 0.261 e. The SMILES string of the molecule is C[C@@H](Oc1ccc(C(C)(C)C)cc1)C(=O)N[C@@H]1CCCc2ccccc21. The molecule has 2 aromatic carbocycles. The highest BCUT2D eigenvalue weighted by atomic mass is 16.5. The summed E-state index contributed by atoms with van der Waals surface area (Å²) in [4.78, 5) is 12.6. The number of benzene rings is 2. The molecular weight excluding hydrogens is 322 g/mol. The van der Waals surface area contributed by atoms with Crippen LogP contribution < -0.4 is 10.1 Å². The van der Waals surface area contributed by atoms with Crippen molar-refractivity contribution in [2.24, 2.45) is 0 Å². The summed E-state index contributed by atoms with van der Waals surface area (Å²) in [6.07, 6.45) is 2.65. The number of ether oxygens (including phenoxy) is 1. The Hall–Kier alpha value is -2.29. The molecule has 0 spiro atoms. The van der Waals surface area contributed by atoms with E-state index < -0.39 is 6.10 Å². The van der Waals surface area contributed by atoms with Gasteiger partial charge in [0.1, 0.15) is 5.75 Å². The summed E-state index contributed by atoms with van der Waals surface area (Å²) >= 11 is 0. The number of hydrogen-bond donors (Lipinski definition) is 1. The second-order valence-corrected chi connectivity index (χ2v) is 8.19. The topological polar surface area (TPSA) is 38.3 Å². The van der Waals surface area contributed by atoms with E-state index in [1.165, 1.54) is 16.7 Å². The Morgan fingerprint density at radius 1 is 1.12 bits per heavy atom. The summed E-state index contributed by atoms with van der Waals surface area (Å²) < 4.78 is 5.86. The molecule has 0 saturated carbocycles. The van der Waals surface area contributed by atoms with Crippen LogP contribution in [0.25, 0.3) is 0 Å². The van der Waals surface area contributed by atoms with E-state index in [1.54, 1.807) is 0 Å². The maximum atomic E-state index is 12.6. The fourth-order valence-electron chi connectivity index (χ4n) is 3.48. The summed E-state index contributed by atoms with van der Waals surface area (Å²) in [6, 6.07) is 16.5. The summed E-state index contributed by atoms with van der Waals surface area (Å²) in [5, 5.41) is 3.17. The zero-order valence-corrected chi connectivity index (χ0v) is 16.2. The standard InChI is InChI=1S/C23H29NO2/c1-16(26-19-14-12-18(13-15-19)23(2,3)4)22(25)24-21-11-7-9-17-8-5-6-10-20(17)21/h5-6,8,10,12-16,21H,7,9,11H2,1-4H3,(H,24,25)/t16-,21-/m1/s1. The van der Waals surface area contributed by atoms with Gasteiger partial charge in [-0.3, -0.25) is 4.79 Å². The average molecular weight is 351 g/mol. The highest BCUT2D eigenvalue weighted by Crippen LogP contribution is 2.29. The molecule has 0 unspecified atom stereocenters. The van der Waals surface area contributed by atoms with Crippen molar-refractivity contribution in [1.82, 2.24) is 5.32 Å². The first-order valence-corrected chi connectivity index (χ1v) is 9.50. The van der Waals surface area contributed by atoms with E-state index in [1.807, 2.05) is 25.1 Å². The Kier molecular flexibility index (Phi) is 5.36. The first kappa shape index (κ1) is 18.5. The maximum absolute atomic E-state index is 12.6. The number of aryl methyl sites for hydroxylation is 1. The van der Waals surface area contributed by atoms with Gasteiger partial charge < -0.3 is 10.1 Å². The van der Waals surface area contributed by atoms with Gasteiger partial charge in [-0.15, -0.1) is 0 Å². The normalized spacial score (nSPS) is 17.9. The fourth-order valence-corrected chi connectivity index (χ4v) is 3.48. The van der Waals surface area contributed by atoms with Gasteiger partial charge in [-0.1, -0.05) is 57.2 Å². The number of amides is 1. The zero-order chi connectivity index (χ0) is 18.7. The predicted molar refractivity (Wildman–Crippen MR) is 105 cm³/mol. The molecule has 3 nitrogen and oxygen atoms in total. The van der Waals surface area contributed by atoms with Crippen molar-refractivity contribution in [1.29, 1.82) is 0 Å². The van der Waals surface area contributed by atoms with Gasteiger partial charge in [0.2, 0.25) is 0 Å². The molecule has 3 rings (SSSR count). The van der Waals surface area contributed by atoms with Gasteiger partial charge in [0.15, 0.2) is 6.10 Å². The number of rotatable bonds is 4. The highest BCUT2D eigenvalue weighted by Gasteiger charge is 2.24. The Morgan fingerprint density at radius 2 is 1.81 bits per heavy atom. The molecule has 1 aliphatic rings. The molecule has 0 radical (unpaired) electrons. The third-order valence-corrected chi connectivity index (χ3v) is 5.09. The van der Waals surface area contributed by atoms with Crippen LogP contribution in [0.5, 0.6) is 5.75 Å². The average Bonchev–Trinajstić information content (AvgIpc) is 2.61. The van der Waals surface area contributed by atoms with Gasteiger partial charge in [-0.05, 0) is 60.4 Å². The van der Waals surface area contributed by atoms with Crippen LogP contribution in [0.4, 0.5) is 0 Å². The molecule has 1 amide bonds. The molecule has 0 saturated heterocycles. The van der Waals surface area contributed by atoms with E-state index in [0.29, 0.717) is 0 Å². The Bertz CT molecular complexity index is 759. The Balaban J connectivity index is 1.62. The van der Waals surface area contributed by atoms with Crippen molar-refractivity contribution in [3.8, 4) is 5.75 Å². The molecule has 2 aromatic rings. The number of hydrogen-bond acceptors (Lipinski definition) is 2. The van der Waals surface area contributed by atoms with E-state index in [9.17, 15) is 4.79 Å². The van der Waals surface area contributed by atoms with E-state index in [-0.39, 0.29) is 17.4 Å². The van der Waals surface area contributed by atoms with Crippen LogP contribution in [0.1, 0.15) is 63.3 Å². The number of fused-ring (bicyclic) bond motifs is 1. The summed E-state index contributed by atoms with van der Waals surface area (Å²) in [5.41, 5.74) is 3.94. The zero-order valence-electron chi connectivity index (χ0n) is 16.2. The van der Waals surface area contributed by atoms with Gasteiger partial charge >= 0.3 is 0 Å². The summed E-state index contributed by atoms with van der Waals surface area (Å²) in [6.45, 7) is 8.35. The summed E-state index contributed by atoms with van der Waals surface area (Å²) in [5.74, 6) is 0.663. The molecule has 0 aliphatic heterocycles. The molecule has 3 heteroatoms. The van der Waals surface area contributed by atoms with Gasteiger partial charge in [0, 0.05) is 0 Å². The second kappa shape index (κ2) is 7.53. The first-order valence-electron chi connectivity index (χ1n) is 9.50. The molecule has 0 bridgehead atoms. The molecule has 2 atom stereocenters. The van der Waals surface area contributed by atoms with Gasteiger partial charge in [-0.25, -0.2) is 0 Å². The highest BCUT2D eigenvalue weighted by molar-refractivity contribution is 5.81. The molecule has 138 valence electrons. The van der Waals surface area contributed by atoms with Gasteiger partial charge in [-0.2, -0.15) is 0 Å². The lowest BCUT2D eigenvalue weighted by Crippen LogP contribution is -2.39. The largest absolute Gasteiger partial charge is 0.481 e. The van der Waals surface area contributed by atoms with E-state index in [2.05, 4.69) is 56.4 Å². The number of carbonyl (C=O) groups excluding carboxylic acids is 1. The van der Waals surface area contributed by atoms with Crippen LogP contribution >= 0.6 is 0 Å². The Labute approximate surface area is 156 Å². The van der Waals surface area contributed by atoms with Gasteiger partial charge in [0.05, 0.1) is 6.04 Å². The smallest absolute Gasteiger partial charge is 0.261 e. The second-order valence-electron chi connectivity index (χ2n) is 8.19. The number of nitrogens with one attached hydrogen (secondary N) is 1. The van der Waals surface area contributed by atoms with Gasteiger partial charge in [0.25, 0.3) is 5.91 Å². The molecular formula is C23H29NO2. The number of carbonyl (C=O) groups is 1. The quantitative estimate of drug-likeness (QED) is 0.847. The van der Waals surface area contributed by atoms with Crippen molar-refractivity contribution in [2.45, 2.75) is 64.5 Å². The minimum atomic E-state index is -0.524. The molecule has 1 N–H and O–H groups in total. The Morgan fingerprint density at radius 3 is 2.50 bits per heavy atom. The van der Waals surface area contributed by atoms with Crippen molar-refractivity contribution in [2.75, 3.05) is 0 Å². The lowest BCUT2D eigenvalue weighted by Gasteiger charge is -2.27. The van der Waals surface area contributed by atoms with Crippen molar-refractivity contribution >= 4 is 5.91 Å². The van der Waals surface area contributed by atoms with Crippen LogP contribution in [-0.4, -0.2) is 12.0 Å². The third-order valence-electron chi connectivity index (χ3n) is 5.09. The van der Waals surface area contributed by atoms with Crippen molar-refractivity contribution in [3.63, 3.8) is 0 Å². The minimum Gasteiger partial charge on any atom is -0.481 e. The first-order chi connectivity index (χ1) is 12.3. The summed E-state index contributed by atoms with van der Waals surface area (Å²) in [7, 11) is 0. The lowest BCUT2D eigenvalue weighted by molar-refractivity contribution is -0.128. The van der Waals surface area contributed by atoms with Crippen LogP contribution in [0.3, 0.4) is 0 Å². The third kappa shape index (κ3) is 4.27. The molecule has 0 aromatic heterocycles. The molecule has 26 heavy (non-hydrogen) atoms. The lowest BCUT2D eigenvalue weighted by atomic mass is 9.87. The van der Waals surface area contributed by atoms with E-state index in [0.717, 1.165) is 25.0 Å². The van der Waals surface area contributed by atoms with Crippen molar-refractivity contribution in [3.05, 3.63) is 65.2 Å². The minimum absolute atomic E-state index is 0.0633.